The van der Waals surface area contributed by atoms with Crippen LogP contribution in [0.25, 0.3) is 21.8 Å². The number of hydrogen-bond donors (Lipinski definition) is 0. The van der Waals surface area contributed by atoms with Gasteiger partial charge < -0.3 is 4.57 Å². The molecule has 3 aromatic rings. The summed E-state index contributed by atoms with van der Waals surface area (Å²) in [5.41, 5.74) is 2.70. The van der Waals surface area contributed by atoms with Gasteiger partial charge in [0.1, 0.15) is 0 Å². The summed E-state index contributed by atoms with van der Waals surface area (Å²) in [5.74, 6) is 0.822. The van der Waals surface area contributed by atoms with Gasteiger partial charge in [-0.3, -0.25) is 0 Å². The molecular weight excluding hydrogens is 334 g/mol. The Morgan fingerprint density at radius 1 is 0.909 bits per heavy atom. The Bertz CT molecular complexity index is 770. The second kappa shape index (κ2) is 6.87. The molecule has 0 aliphatic heterocycles. The van der Waals surface area contributed by atoms with Gasteiger partial charge >= 0.3 is 0 Å². The Morgan fingerprint density at radius 3 is 2.50 bits per heavy atom. The maximum Gasteiger partial charge on any atom is 0.0635 e. The van der Waals surface area contributed by atoms with Gasteiger partial charge in [-0.15, -0.1) is 0 Å². The van der Waals surface area contributed by atoms with Gasteiger partial charge in [0.15, 0.2) is 0 Å². The van der Waals surface area contributed by atoms with Crippen molar-refractivity contribution in [2.24, 2.45) is 5.92 Å². The fraction of sp³-hybridized carbons (Fsp3) is 0.400. The van der Waals surface area contributed by atoms with Crippen LogP contribution in [0.4, 0.5) is 0 Å². The molecule has 0 aliphatic carbocycles. The number of rotatable bonds is 6. The van der Waals surface area contributed by atoms with Crippen LogP contribution in [0.15, 0.2) is 46.9 Å². The second-order valence-corrected chi connectivity index (χ2v) is 7.40. The van der Waals surface area contributed by atoms with Crippen molar-refractivity contribution < 1.29 is 0 Å². The van der Waals surface area contributed by atoms with Crippen LogP contribution in [0, 0.1) is 5.92 Å². The van der Waals surface area contributed by atoms with Crippen molar-refractivity contribution in [1.82, 2.24) is 4.57 Å². The summed E-state index contributed by atoms with van der Waals surface area (Å²) in [4.78, 5) is 0. The molecule has 2 heteroatoms. The molecule has 0 aliphatic rings. The third kappa shape index (κ3) is 3.08. The number of para-hydroxylation sites is 2. The van der Waals surface area contributed by atoms with E-state index < -0.39 is 0 Å². The molecule has 3 rings (SSSR count). The van der Waals surface area contributed by atoms with Crippen molar-refractivity contribution in [1.29, 1.82) is 0 Å². The zero-order chi connectivity index (χ0) is 15.5. The van der Waals surface area contributed by atoms with Gasteiger partial charge in [0.05, 0.1) is 5.52 Å². The number of benzene rings is 2. The first-order valence-electron chi connectivity index (χ1n) is 8.34. The van der Waals surface area contributed by atoms with Crippen LogP contribution in [0.1, 0.15) is 39.5 Å². The van der Waals surface area contributed by atoms with E-state index in [0.29, 0.717) is 0 Å². The van der Waals surface area contributed by atoms with Crippen LogP contribution >= 0.6 is 15.9 Å². The zero-order valence-electron chi connectivity index (χ0n) is 13.5. The first-order chi connectivity index (χ1) is 10.7. The lowest BCUT2D eigenvalue weighted by Gasteiger charge is -2.09. The highest BCUT2D eigenvalue weighted by Gasteiger charge is 2.11. The number of halogens is 1. The molecule has 116 valence electrons. The van der Waals surface area contributed by atoms with Crippen LogP contribution in [0.2, 0.25) is 0 Å². The van der Waals surface area contributed by atoms with Crippen molar-refractivity contribution in [3.63, 3.8) is 0 Å². The quantitative estimate of drug-likeness (QED) is 0.428. The van der Waals surface area contributed by atoms with Gasteiger partial charge in [0, 0.05) is 27.3 Å². The van der Waals surface area contributed by atoms with Gasteiger partial charge in [-0.1, -0.05) is 63.4 Å². The lowest BCUT2D eigenvalue weighted by atomic mass is 10.1. The lowest BCUT2D eigenvalue weighted by Crippen LogP contribution is -1.98. The number of fused-ring (bicyclic) bond motifs is 3. The molecule has 0 saturated heterocycles. The van der Waals surface area contributed by atoms with Crippen molar-refractivity contribution in [2.75, 3.05) is 0 Å². The average Bonchev–Trinajstić information content (AvgIpc) is 2.83. The molecule has 0 spiro atoms. The summed E-state index contributed by atoms with van der Waals surface area (Å²) in [5, 5.41) is 2.72. The minimum atomic E-state index is 0.822. The Labute approximate surface area is 141 Å². The van der Waals surface area contributed by atoms with Crippen molar-refractivity contribution in [2.45, 2.75) is 46.1 Å². The highest BCUT2D eigenvalue weighted by atomic mass is 79.9. The molecule has 0 unspecified atom stereocenters. The molecule has 0 atom stereocenters. The van der Waals surface area contributed by atoms with Gasteiger partial charge in [0.2, 0.25) is 0 Å². The van der Waals surface area contributed by atoms with Gasteiger partial charge in [-0.25, -0.2) is 0 Å². The Balaban J connectivity index is 1.90. The monoisotopic (exact) mass is 357 g/mol. The van der Waals surface area contributed by atoms with Crippen LogP contribution in [-0.2, 0) is 6.54 Å². The molecule has 1 nitrogen and oxygen atoms in total. The van der Waals surface area contributed by atoms with Crippen molar-refractivity contribution in [3.8, 4) is 0 Å². The highest BCUT2D eigenvalue weighted by molar-refractivity contribution is 9.10. The van der Waals surface area contributed by atoms with Crippen LogP contribution in [-0.4, -0.2) is 4.57 Å². The minimum Gasteiger partial charge on any atom is -0.340 e. The molecule has 1 aromatic heterocycles. The molecule has 0 N–H and O–H groups in total. The average molecular weight is 358 g/mol. The van der Waals surface area contributed by atoms with E-state index >= 15 is 0 Å². The number of nitrogens with zero attached hydrogens (tertiary/aromatic N) is 1. The summed E-state index contributed by atoms with van der Waals surface area (Å²) in [6.07, 6.45) is 5.26. The second-order valence-electron chi connectivity index (χ2n) is 6.55. The third-order valence-electron chi connectivity index (χ3n) is 4.40. The van der Waals surface area contributed by atoms with E-state index in [1.165, 1.54) is 52.0 Å². The minimum absolute atomic E-state index is 0.822. The van der Waals surface area contributed by atoms with Crippen molar-refractivity contribution >= 4 is 37.7 Å². The summed E-state index contributed by atoms with van der Waals surface area (Å²) < 4.78 is 3.69. The van der Waals surface area contributed by atoms with E-state index in [0.717, 1.165) is 12.5 Å². The lowest BCUT2D eigenvalue weighted by molar-refractivity contribution is 0.512. The summed E-state index contributed by atoms with van der Waals surface area (Å²) >= 11 is 3.75. The standard InChI is InChI=1S/C20H24BrN/c1-15(2)9-4-3-7-14-22-19-13-6-5-10-16(19)17-11-8-12-18(21)20(17)22/h5-6,8,10-13,15H,3-4,7,9,14H2,1-2H3. The molecule has 22 heavy (non-hydrogen) atoms. The van der Waals surface area contributed by atoms with E-state index in [2.05, 4.69) is 76.8 Å². The predicted octanol–water partition coefficient (Wildman–Crippen LogP) is 6.77. The molecule has 2 aromatic carbocycles. The smallest absolute Gasteiger partial charge is 0.0635 e. The molecule has 0 bridgehead atoms. The summed E-state index contributed by atoms with van der Waals surface area (Å²) in [6.45, 7) is 5.72. The molecule has 0 radical (unpaired) electrons. The SMILES string of the molecule is CC(C)CCCCCn1c2ccccc2c2cccc(Br)c21. The topological polar surface area (TPSA) is 4.93 Å². The van der Waals surface area contributed by atoms with Gasteiger partial charge in [-0.05, 0) is 40.4 Å². The maximum absolute atomic E-state index is 3.75. The normalized spacial score (nSPS) is 11.8. The molecule has 0 amide bonds. The highest BCUT2D eigenvalue weighted by Crippen LogP contribution is 2.33. The summed E-state index contributed by atoms with van der Waals surface area (Å²) in [6, 6.07) is 15.3. The molecule has 0 saturated carbocycles. The fourth-order valence-electron chi connectivity index (χ4n) is 3.30. The Morgan fingerprint density at radius 2 is 1.68 bits per heavy atom. The first-order valence-corrected chi connectivity index (χ1v) is 9.13. The van der Waals surface area contributed by atoms with E-state index in [9.17, 15) is 0 Å². The predicted molar refractivity (Wildman–Crippen MR) is 100 cm³/mol. The molecule has 1 heterocycles. The zero-order valence-corrected chi connectivity index (χ0v) is 15.1. The largest absolute Gasteiger partial charge is 0.340 e. The molecular formula is C20H24BrN. The number of hydrogen-bond acceptors (Lipinski definition) is 0. The maximum atomic E-state index is 3.75. The van der Waals surface area contributed by atoms with Gasteiger partial charge in [0.25, 0.3) is 0 Å². The summed E-state index contributed by atoms with van der Waals surface area (Å²) in [7, 11) is 0. The van der Waals surface area contributed by atoms with Crippen LogP contribution < -0.4 is 0 Å². The van der Waals surface area contributed by atoms with Crippen molar-refractivity contribution in [3.05, 3.63) is 46.9 Å². The van der Waals surface area contributed by atoms with Crippen LogP contribution in [0.3, 0.4) is 0 Å². The fourth-order valence-corrected chi connectivity index (χ4v) is 3.88. The number of unbranched alkanes of at least 4 members (excludes halogenated alkanes) is 2. The third-order valence-corrected chi connectivity index (χ3v) is 5.04. The Kier molecular flexibility index (Phi) is 4.87. The van der Waals surface area contributed by atoms with E-state index in [1.807, 2.05) is 0 Å². The Hall–Kier alpha value is -1.28. The van der Waals surface area contributed by atoms with E-state index in [4.69, 9.17) is 0 Å². The number of aromatic nitrogens is 1. The first kappa shape index (κ1) is 15.6. The van der Waals surface area contributed by atoms with E-state index in [1.54, 1.807) is 0 Å². The van der Waals surface area contributed by atoms with E-state index in [-0.39, 0.29) is 0 Å². The van der Waals surface area contributed by atoms with Gasteiger partial charge in [-0.2, -0.15) is 0 Å². The number of aryl methyl sites for hydroxylation is 1. The molecule has 0 fully saturated rings. The van der Waals surface area contributed by atoms with Crippen LogP contribution in [0.5, 0.6) is 0 Å².